The van der Waals surface area contributed by atoms with Gasteiger partial charge in [0, 0.05) is 71.8 Å². The number of benzene rings is 2. The molecule has 0 unspecified atom stereocenters. The molecule has 4 heterocycles. The third kappa shape index (κ3) is 4.32. The topological polar surface area (TPSA) is 97.2 Å². The van der Waals surface area contributed by atoms with Crippen molar-refractivity contribution in [1.82, 2.24) is 14.1 Å². The van der Waals surface area contributed by atoms with E-state index in [4.69, 9.17) is 0 Å². The first-order chi connectivity index (χ1) is 19.0. The Hall–Kier alpha value is -4.51. The van der Waals surface area contributed by atoms with E-state index in [1.165, 1.54) is 21.3 Å². The summed E-state index contributed by atoms with van der Waals surface area (Å²) in [6, 6.07) is 12.4. The molecular formula is C29H24F2N4O4S. The fourth-order valence-electron chi connectivity index (χ4n) is 5.52. The Morgan fingerprint density at radius 2 is 1.75 bits per heavy atom. The lowest BCUT2D eigenvalue weighted by atomic mass is 9.98. The Balaban J connectivity index is 1.73. The van der Waals surface area contributed by atoms with Crippen LogP contribution in [0.3, 0.4) is 0 Å². The lowest BCUT2D eigenvalue weighted by Gasteiger charge is -2.34. The van der Waals surface area contributed by atoms with Crippen molar-refractivity contribution < 1.29 is 17.2 Å². The molecule has 1 aliphatic heterocycles. The molecule has 2 aromatic carbocycles. The molecule has 1 N–H and O–H groups in total. The van der Waals surface area contributed by atoms with E-state index in [2.05, 4.69) is 4.98 Å². The number of nitrogens with zero attached hydrogens (tertiary/aromatic N) is 3. The SMILES string of the molecule is Cn1cc2c3c(c[nH]c3c1=O)[C@@H](Cn1ccccc1=O)N(c1ccc(F)cc1F)c1ccc(CS(C)(=O)=O)cc1-2. The highest BCUT2D eigenvalue weighted by Crippen LogP contribution is 2.49. The average molecular weight is 563 g/mol. The van der Waals surface area contributed by atoms with Crippen LogP contribution in [0.5, 0.6) is 0 Å². The molecule has 0 aliphatic carbocycles. The minimum Gasteiger partial charge on any atom is -0.356 e. The number of fused-ring (bicyclic) bond motifs is 2. The Labute approximate surface area is 227 Å². The minimum atomic E-state index is -3.38. The van der Waals surface area contributed by atoms with E-state index in [9.17, 15) is 22.4 Å². The van der Waals surface area contributed by atoms with Crippen molar-refractivity contribution in [2.45, 2.75) is 18.3 Å². The Kier molecular flexibility index (Phi) is 5.99. The molecule has 0 fully saturated rings. The molecule has 6 rings (SSSR count). The highest BCUT2D eigenvalue weighted by atomic mass is 32.2. The van der Waals surface area contributed by atoms with Gasteiger partial charge in [-0.3, -0.25) is 9.59 Å². The van der Waals surface area contributed by atoms with Crippen LogP contribution in [0.1, 0.15) is 17.2 Å². The van der Waals surface area contributed by atoms with Crippen molar-refractivity contribution in [1.29, 1.82) is 0 Å². The third-order valence-electron chi connectivity index (χ3n) is 7.19. The molecule has 0 saturated carbocycles. The maximum Gasteiger partial charge on any atom is 0.274 e. The molecule has 40 heavy (non-hydrogen) atoms. The van der Waals surface area contributed by atoms with E-state index in [0.717, 1.165) is 18.4 Å². The summed E-state index contributed by atoms with van der Waals surface area (Å²) >= 11 is 0. The van der Waals surface area contributed by atoms with Crippen LogP contribution >= 0.6 is 0 Å². The zero-order chi connectivity index (χ0) is 28.3. The summed E-state index contributed by atoms with van der Waals surface area (Å²) in [4.78, 5) is 30.7. The smallest absolute Gasteiger partial charge is 0.274 e. The first-order valence-corrected chi connectivity index (χ1v) is 14.5. The second kappa shape index (κ2) is 9.30. The summed E-state index contributed by atoms with van der Waals surface area (Å²) in [7, 11) is -1.76. The summed E-state index contributed by atoms with van der Waals surface area (Å²) in [5, 5.41) is 0.583. The predicted molar refractivity (Wildman–Crippen MR) is 149 cm³/mol. The summed E-state index contributed by atoms with van der Waals surface area (Å²) in [5.41, 5.74) is 2.67. The highest BCUT2D eigenvalue weighted by molar-refractivity contribution is 7.89. The molecule has 0 spiro atoms. The van der Waals surface area contributed by atoms with Crippen LogP contribution in [0.25, 0.3) is 22.0 Å². The second-order valence-corrected chi connectivity index (χ2v) is 12.2. The number of hydrogen-bond donors (Lipinski definition) is 1. The van der Waals surface area contributed by atoms with Gasteiger partial charge in [-0.1, -0.05) is 12.1 Å². The molecule has 5 aromatic rings. The lowest BCUT2D eigenvalue weighted by Crippen LogP contribution is -2.31. The van der Waals surface area contributed by atoms with Crippen LogP contribution in [0.15, 0.2) is 82.8 Å². The van der Waals surface area contributed by atoms with Gasteiger partial charge in [0.05, 0.1) is 24.0 Å². The number of halogens is 2. The van der Waals surface area contributed by atoms with Crippen molar-refractivity contribution >= 4 is 32.1 Å². The maximum absolute atomic E-state index is 15.5. The summed E-state index contributed by atoms with van der Waals surface area (Å²) in [5.74, 6) is -1.78. The van der Waals surface area contributed by atoms with Crippen molar-refractivity contribution in [2.24, 2.45) is 7.05 Å². The van der Waals surface area contributed by atoms with Gasteiger partial charge in [0.1, 0.15) is 17.2 Å². The van der Waals surface area contributed by atoms with Crippen LogP contribution in [0, 0.1) is 11.6 Å². The Bertz CT molecular complexity index is 2050. The average Bonchev–Trinajstić information content (AvgIpc) is 3.29. The normalized spacial score (nSPS) is 14.8. The molecule has 1 atom stereocenters. The number of H-pyrrole nitrogens is 1. The number of pyridine rings is 2. The molecule has 0 radical (unpaired) electrons. The van der Waals surface area contributed by atoms with Gasteiger partial charge in [-0.05, 0) is 35.9 Å². The summed E-state index contributed by atoms with van der Waals surface area (Å²) in [6.07, 6.45) is 6.10. The number of nitrogens with one attached hydrogen (secondary N) is 1. The quantitative estimate of drug-likeness (QED) is 0.342. The van der Waals surface area contributed by atoms with Gasteiger partial charge >= 0.3 is 0 Å². The van der Waals surface area contributed by atoms with Crippen molar-refractivity contribution in [3.63, 3.8) is 0 Å². The number of rotatable bonds is 5. The zero-order valence-corrected chi connectivity index (χ0v) is 22.4. The fourth-order valence-corrected chi connectivity index (χ4v) is 6.30. The molecule has 0 saturated heterocycles. The fraction of sp³-hybridized carbons (Fsp3) is 0.172. The van der Waals surface area contributed by atoms with Crippen LogP contribution in [-0.4, -0.2) is 28.8 Å². The number of sulfone groups is 1. The maximum atomic E-state index is 15.5. The van der Waals surface area contributed by atoms with Crippen molar-refractivity contribution in [3.05, 3.63) is 117 Å². The van der Waals surface area contributed by atoms with Crippen molar-refractivity contribution in [2.75, 3.05) is 11.2 Å². The number of hydrogen-bond acceptors (Lipinski definition) is 5. The van der Waals surface area contributed by atoms with Gasteiger partial charge in [0.25, 0.3) is 11.1 Å². The summed E-state index contributed by atoms with van der Waals surface area (Å²) in [6.45, 7) is 0.0720. The molecule has 0 bridgehead atoms. The van der Waals surface area contributed by atoms with E-state index in [-0.39, 0.29) is 29.1 Å². The molecule has 3 aromatic heterocycles. The first kappa shape index (κ1) is 25.8. The molecule has 1 aliphatic rings. The number of anilines is 2. The molecule has 11 heteroatoms. The van der Waals surface area contributed by atoms with Crippen LogP contribution in [-0.2, 0) is 29.2 Å². The molecule has 204 valence electrons. The minimum absolute atomic E-state index is 0.0568. The Morgan fingerprint density at radius 3 is 2.48 bits per heavy atom. The molecular weight excluding hydrogens is 538 g/mol. The summed E-state index contributed by atoms with van der Waals surface area (Å²) < 4.78 is 56.8. The second-order valence-electron chi connectivity index (χ2n) is 10.0. The first-order valence-electron chi connectivity index (χ1n) is 12.4. The van der Waals surface area contributed by atoms with Gasteiger partial charge in [-0.2, -0.15) is 0 Å². The largest absolute Gasteiger partial charge is 0.356 e. The van der Waals surface area contributed by atoms with E-state index in [1.807, 2.05) is 0 Å². The molecule has 0 amide bonds. The van der Waals surface area contributed by atoms with E-state index < -0.39 is 27.5 Å². The highest BCUT2D eigenvalue weighted by Gasteiger charge is 2.34. The van der Waals surface area contributed by atoms with Gasteiger partial charge in [0.15, 0.2) is 9.84 Å². The predicted octanol–water partition coefficient (Wildman–Crippen LogP) is 4.41. The zero-order valence-electron chi connectivity index (χ0n) is 21.6. The number of aromatic amines is 1. The van der Waals surface area contributed by atoms with E-state index in [0.29, 0.717) is 38.8 Å². The monoisotopic (exact) mass is 562 g/mol. The van der Waals surface area contributed by atoms with Gasteiger partial charge < -0.3 is 19.0 Å². The van der Waals surface area contributed by atoms with Crippen LogP contribution < -0.4 is 16.0 Å². The third-order valence-corrected chi connectivity index (χ3v) is 8.04. The lowest BCUT2D eigenvalue weighted by molar-refractivity contribution is 0.538. The van der Waals surface area contributed by atoms with E-state index in [1.54, 1.807) is 60.9 Å². The van der Waals surface area contributed by atoms with Gasteiger partial charge in [-0.25, -0.2) is 17.2 Å². The van der Waals surface area contributed by atoms with Gasteiger partial charge in [0.2, 0.25) is 0 Å². The van der Waals surface area contributed by atoms with Crippen LogP contribution in [0.2, 0.25) is 0 Å². The number of aromatic nitrogens is 3. The van der Waals surface area contributed by atoms with Crippen LogP contribution in [0.4, 0.5) is 20.2 Å². The van der Waals surface area contributed by atoms with Crippen molar-refractivity contribution in [3.8, 4) is 11.1 Å². The standard InChI is InChI=1S/C29H24F2N4O4S/c1-33-14-21-19-11-17(16-40(2,38)39)6-8-23(19)35(24-9-7-18(30)12-22(24)31)25(15-34-10-4-3-5-26(34)36)20-13-32-28(27(20)21)29(33)37/h3-14,25,32H,15-16H2,1-2H3/t25-/m1/s1. The number of aryl methyl sites for hydroxylation is 1. The van der Waals surface area contributed by atoms with Gasteiger partial charge in [-0.15, -0.1) is 0 Å². The molecule has 8 nitrogen and oxygen atoms in total. The Morgan fingerprint density at radius 1 is 0.975 bits per heavy atom. The van der Waals surface area contributed by atoms with E-state index >= 15 is 4.39 Å².